The van der Waals surface area contributed by atoms with Crippen LogP contribution >= 0.6 is 0 Å². The minimum absolute atomic E-state index is 0.549. The van der Waals surface area contributed by atoms with Crippen LogP contribution in [0.5, 0.6) is 5.75 Å². The van der Waals surface area contributed by atoms with Gasteiger partial charge in [-0.2, -0.15) is 0 Å². The molecule has 0 amide bonds. The van der Waals surface area contributed by atoms with E-state index in [0.717, 1.165) is 7.11 Å². The summed E-state index contributed by atoms with van der Waals surface area (Å²) in [7, 11) is 0.924. The van der Waals surface area contributed by atoms with Gasteiger partial charge in [-0.3, -0.25) is 0 Å². The number of methoxy groups -OCH3 is 1. The maximum atomic E-state index is 12.8. The van der Waals surface area contributed by atoms with Crippen LogP contribution in [0.3, 0.4) is 0 Å². The van der Waals surface area contributed by atoms with E-state index in [4.69, 9.17) is 5.73 Å². The number of rotatable bonds is 4. The third-order valence-corrected chi connectivity index (χ3v) is 2.15. The fourth-order valence-corrected chi connectivity index (χ4v) is 1.38. The topological polar surface area (TPSA) is 74.4 Å². The Labute approximate surface area is 109 Å². The molecule has 0 radical (unpaired) electrons. The van der Waals surface area contributed by atoms with Gasteiger partial charge in [-0.15, -0.1) is 13.2 Å². The Balaban J connectivity index is 3.45. The first-order chi connectivity index (χ1) is 9.19. The molecule has 1 aromatic rings. The molecule has 0 unspecified atom stereocenters. The van der Waals surface area contributed by atoms with E-state index in [1.54, 1.807) is 0 Å². The van der Waals surface area contributed by atoms with Crippen molar-refractivity contribution in [3.8, 4) is 5.75 Å². The monoisotopic (exact) mass is 300 g/mol. The van der Waals surface area contributed by atoms with Gasteiger partial charge in [-0.05, 0) is 0 Å². The molecule has 0 aliphatic carbocycles. The molecule has 0 saturated carbocycles. The Morgan fingerprint density at radius 2 is 2.05 bits per heavy atom. The van der Waals surface area contributed by atoms with Crippen molar-refractivity contribution in [1.82, 2.24) is 4.98 Å². The molecule has 2 N–H and O–H groups in total. The first kappa shape index (κ1) is 16.1. The lowest BCUT2D eigenvalue weighted by molar-refractivity contribution is -0.275. The molecular weight excluding hydrogens is 291 g/mol. The van der Waals surface area contributed by atoms with Crippen molar-refractivity contribution >= 4 is 5.97 Å². The Kier molecular flexibility index (Phi) is 4.82. The number of alkyl halides is 5. The average Bonchev–Trinajstić information content (AvgIpc) is 2.34. The number of nitrogens with two attached hydrogens (primary N) is 1. The van der Waals surface area contributed by atoms with E-state index < -0.39 is 48.0 Å². The molecule has 0 saturated heterocycles. The first-order valence-corrected chi connectivity index (χ1v) is 5.05. The van der Waals surface area contributed by atoms with Gasteiger partial charge < -0.3 is 15.2 Å². The van der Waals surface area contributed by atoms with Gasteiger partial charge in [0.2, 0.25) is 0 Å². The Morgan fingerprint density at radius 3 is 2.45 bits per heavy atom. The highest BCUT2D eigenvalue weighted by atomic mass is 19.4. The number of aromatic nitrogens is 1. The zero-order chi connectivity index (χ0) is 15.5. The van der Waals surface area contributed by atoms with Crippen LogP contribution in [0.25, 0.3) is 0 Å². The maximum Gasteiger partial charge on any atom is 0.573 e. The zero-order valence-corrected chi connectivity index (χ0v) is 10.0. The number of nitrogens with zero attached hydrogens (tertiary/aromatic N) is 1. The summed E-state index contributed by atoms with van der Waals surface area (Å²) >= 11 is 0. The molecule has 112 valence electrons. The van der Waals surface area contributed by atoms with Crippen molar-refractivity contribution in [3.05, 3.63) is 23.0 Å². The number of hydrogen-bond acceptors (Lipinski definition) is 5. The lowest BCUT2D eigenvalue weighted by Crippen LogP contribution is -2.21. The van der Waals surface area contributed by atoms with Gasteiger partial charge in [-0.1, -0.05) is 0 Å². The molecule has 0 bridgehead atoms. The second-order valence-corrected chi connectivity index (χ2v) is 3.41. The molecule has 20 heavy (non-hydrogen) atoms. The van der Waals surface area contributed by atoms with E-state index in [0.29, 0.717) is 6.07 Å². The summed E-state index contributed by atoms with van der Waals surface area (Å²) in [4.78, 5) is 14.5. The fraction of sp³-hybridized carbons (Fsp3) is 0.400. The second-order valence-electron chi connectivity index (χ2n) is 3.41. The van der Waals surface area contributed by atoms with E-state index in [-0.39, 0.29) is 0 Å². The number of carbonyl (C=O) groups excluding carboxylic acids is 1. The van der Waals surface area contributed by atoms with Crippen LogP contribution in [0.4, 0.5) is 22.0 Å². The number of carbonyl (C=O) groups is 1. The van der Waals surface area contributed by atoms with Crippen LogP contribution < -0.4 is 10.5 Å². The average molecular weight is 300 g/mol. The minimum atomic E-state index is -5.13. The number of hydrogen-bond donors (Lipinski definition) is 1. The van der Waals surface area contributed by atoms with Gasteiger partial charge in [-0.25, -0.2) is 18.6 Å². The summed E-state index contributed by atoms with van der Waals surface area (Å²) in [6.45, 7) is -0.667. The van der Waals surface area contributed by atoms with Gasteiger partial charge in [0.25, 0.3) is 6.43 Å². The molecule has 0 aliphatic heterocycles. The highest BCUT2D eigenvalue weighted by Gasteiger charge is 2.34. The number of halogens is 5. The third-order valence-electron chi connectivity index (χ3n) is 2.15. The molecule has 10 heteroatoms. The fourth-order valence-electron chi connectivity index (χ4n) is 1.38. The molecule has 1 heterocycles. The largest absolute Gasteiger partial charge is 0.573 e. The summed E-state index contributed by atoms with van der Waals surface area (Å²) in [5, 5.41) is 0. The van der Waals surface area contributed by atoms with Gasteiger partial charge in [0.05, 0.1) is 7.11 Å². The Bertz CT molecular complexity index is 504. The summed E-state index contributed by atoms with van der Waals surface area (Å²) < 4.78 is 70.0. The summed E-state index contributed by atoms with van der Waals surface area (Å²) in [5.74, 6) is -2.19. The predicted octanol–water partition coefficient (Wildman–Crippen LogP) is 2.16. The van der Waals surface area contributed by atoms with E-state index in [9.17, 15) is 26.7 Å². The minimum Gasteiger partial charge on any atom is -0.464 e. The first-order valence-electron chi connectivity index (χ1n) is 5.05. The van der Waals surface area contributed by atoms with Gasteiger partial charge in [0.15, 0.2) is 5.69 Å². The van der Waals surface area contributed by atoms with Crippen LogP contribution in [0.2, 0.25) is 0 Å². The quantitative estimate of drug-likeness (QED) is 0.681. The van der Waals surface area contributed by atoms with Crippen molar-refractivity contribution in [2.24, 2.45) is 5.73 Å². The van der Waals surface area contributed by atoms with Crippen molar-refractivity contribution in [1.29, 1.82) is 0 Å². The molecule has 0 spiro atoms. The van der Waals surface area contributed by atoms with Gasteiger partial charge in [0, 0.05) is 18.2 Å². The van der Waals surface area contributed by atoms with E-state index in [2.05, 4.69) is 14.5 Å². The molecule has 1 aromatic heterocycles. The van der Waals surface area contributed by atoms with Crippen molar-refractivity contribution in [2.75, 3.05) is 7.11 Å². The molecule has 5 nitrogen and oxygen atoms in total. The molecule has 1 rings (SSSR count). The third kappa shape index (κ3) is 3.76. The molecule has 0 aromatic carbocycles. The molecule has 0 aliphatic rings. The van der Waals surface area contributed by atoms with Crippen LogP contribution in [0, 0.1) is 0 Å². The number of ether oxygens (including phenoxy) is 2. The SMILES string of the molecule is COC(=O)c1cc(OC(F)(F)F)c(CN)c(C(F)F)n1. The normalized spacial score (nSPS) is 11.6. The molecule has 0 fully saturated rings. The van der Waals surface area contributed by atoms with E-state index in [1.807, 2.05) is 0 Å². The smallest absolute Gasteiger partial charge is 0.464 e. The Morgan fingerprint density at radius 1 is 1.45 bits per heavy atom. The summed E-state index contributed by atoms with van der Waals surface area (Å²) in [5.41, 5.74) is 2.70. The maximum absolute atomic E-state index is 12.8. The van der Waals surface area contributed by atoms with Gasteiger partial charge in [0.1, 0.15) is 11.4 Å². The highest BCUT2D eigenvalue weighted by molar-refractivity contribution is 5.87. The summed E-state index contributed by atoms with van der Waals surface area (Å²) in [6, 6.07) is 0.549. The predicted molar refractivity (Wildman–Crippen MR) is 55.1 cm³/mol. The van der Waals surface area contributed by atoms with Gasteiger partial charge >= 0.3 is 12.3 Å². The number of esters is 1. The van der Waals surface area contributed by atoms with Crippen LogP contribution in [0.1, 0.15) is 28.2 Å². The van der Waals surface area contributed by atoms with Crippen LogP contribution in [0.15, 0.2) is 6.07 Å². The standard InChI is InChI=1S/C10H9F5N2O3/c1-19-9(18)5-2-6(20-10(13,14)15)4(3-16)7(17-5)8(11)12/h2,8H,3,16H2,1H3. The second kappa shape index (κ2) is 5.99. The highest BCUT2D eigenvalue weighted by Crippen LogP contribution is 2.32. The van der Waals surface area contributed by atoms with Crippen LogP contribution in [-0.4, -0.2) is 24.4 Å². The Hall–Kier alpha value is -1.97. The van der Waals surface area contributed by atoms with Crippen molar-refractivity contribution in [2.45, 2.75) is 19.3 Å². The van der Waals surface area contributed by atoms with Crippen LogP contribution in [-0.2, 0) is 11.3 Å². The van der Waals surface area contributed by atoms with Crippen molar-refractivity contribution in [3.63, 3.8) is 0 Å². The lowest BCUT2D eigenvalue weighted by atomic mass is 10.1. The molecule has 0 atom stereocenters. The van der Waals surface area contributed by atoms with E-state index >= 15 is 0 Å². The van der Waals surface area contributed by atoms with Crippen molar-refractivity contribution < 1.29 is 36.2 Å². The summed E-state index contributed by atoms with van der Waals surface area (Å²) in [6.07, 6.45) is -8.35. The number of pyridine rings is 1. The lowest BCUT2D eigenvalue weighted by Gasteiger charge is -2.16. The zero-order valence-electron chi connectivity index (χ0n) is 10.0. The molecular formula is C10H9F5N2O3. The van der Waals surface area contributed by atoms with E-state index in [1.165, 1.54) is 0 Å².